The Labute approximate surface area is 181 Å². The quantitative estimate of drug-likeness (QED) is 0.323. The van der Waals surface area contributed by atoms with Crippen molar-refractivity contribution in [1.82, 2.24) is 0 Å². The third-order valence-electron chi connectivity index (χ3n) is 4.61. The summed E-state index contributed by atoms with van der Waals surface area (Å²) in [6, 6.07) is 18.3. The van der Waals surface area contributed by atoms with Crippen molar-refractivity contribution in [3.63, 3.8) is 0 Å². The Morgan fingerprint density at radius 3 is 2.53 bits per heavy atom. The smallest absolute Gasteiger partial charge is 0.185 e. The van der Waals surface area contributed by atoms with Crippen molar-refractivity contribution in [2.24, 2.45) is 0 Å². The summed E-state index contributed by atoms with van der Waals surface area (Å²) >= 11 is 6.07. The number of methoxy groups -OCH3 is 2. The Balaban J connectivity index is 1.75. The van der Waals surface area contributed by atoms with Crippen molar-refractivity contribution in [1.29, 1.82) is 0 Å². The van der Waals surface area contributed by atoms with Gasteiger partial charge in [0.1, 0.15) is 23.9 Å². The Morgan fingerprint density at radius 2 is 1.80 bits per heavy atom. The number of halogens is 1. The third kappa shape index (κ3) is 5.43. The van der Waals surface area contributed by atoms with E-state index >= 15 is 0 Å². The number of carbonyl (C=O) groups is 1. The molecule has 0 fully saturated rings. The molecule has 0 amide bonds. The zero-order valence-corrected chi connectivity index (χ0v) is 17.9. The predicted octanol–water partition coefficient (Wildman–Crippen LogP) is 6.14. The van der Waals surface area contributed by atoms with Gasteiger partial charge in [-0.3, -0.25) is 4.79 Å². The molecule has 0 aliphatic heterocycles. The van der Waals surface area contributed by atoms with Crippen LogP contribution in [-0.2, 0) is 6.61 Å². The molecule has 5 heteroatoms. The Morgan fingerprint density at radius 1 is 0.967 bits per heavy atom. The molecule has 0 aromatic heterocycles. The number of rotatable bonds is 8. The lowest BCUT2D eigenvalue weighted by atomic mass is 10.1. The summed E-state index contributed by atoms with van der Waals surface area (Å²) in [6.45, 7) is 2.26. The highest BCUT2D eigenvalue weighted by molar-refractivity contribution is 6.31. The van der Waals surface area contributed by atoms with Crippen molar-refractivity contribution in [2.75, 3.05) is 14.2 Å². The fourth-order valence-corrected chi connectivity index (χ4v) is 3.05. The molecule has 0 heterocycles. The number of aryl methyl sites for hydroxylation is 1. The minimum absolute atomic E-state index is 0.0980. The maximum atomic E-state index is 12.5. The molecule has 3 aromatic carbocycles. The minimum atomic E-state index is -0.0980. The van der Waals surface area contributed by atoms with E-state index in [1.54, 1.807) is 50.6 Å². The molecular weight excluding hydrogens is 400 g/mol. The van der Waals surface area contributed by atoms with E-state index in [1.165, 1.54) is 0 Å². The van der Waals surface area contributed by atoms with Crippen molar-refractivity contribution < 1.29 is 19.0 Å². The molecule has 0 unspecified atom stereocenters. The van der Waals surface area contributed by atoms with Gasteiger partial charge >= 0.3 is 0 Å². The van der Waals surface area contributed by atoms with Crippen LogP contribution >= 0.6 is 11.6 Å². The molecule has 0 aliphatic rings. The maximum absolute atomic E-state index is 12.5. The van der Waals surface area contributed by atoms with Crippen LogP contribution in [0.3, 0.4) is 0 Å². The lowest BCUT2D eigenvalue weighted by Gasteiger charge is -2.12. The third-order valence-corrected chi connectivity index (χ3v) is 5.03. The molecule has 30 heavy (non-hydrogen) atoms. The van der Waals surface area contributed by atoms with Gasteiger partial charge in [0, 0.05) is 16.1 Å². The molecule has 0 bridgehead atoms. The van der Waals surface area contributed by atoms with E-state index in [0.717, 1.165) is 28.2 Å². The summed E-state index contributed by atoms with van der Waals surface area (Å²) in [5.41, 5.74) is 3.27. The number of ketones is 1. The summed E-state index contributed by atoms with van der Waals surface area (Å²) in [6.07, 6.45) is 3.32. The van der Waals surface area contributed by atoms with Gasteiger partial charge < -0.3 is 14.2 Å². The van der Waals surface area contributed by atoms with Gasteiger partial charge in [-0.05, 0) is 66.6 Å². The van der Waals surface area contributed by atoms with Crippen molar-refractivity contribution in [3.05, 3.63) is 94.0 Å². The first-order valence-electron chi connectivity index (χ1n) is 9.42. The molecule has 0 radical (unpaired) electrons. The van der Waals surface area contributed by atoms with Gasteiger partial charge in [-0.25, -0.2) is 0 Å². The van der Waals surface area contributed by atoms with Gasteiger partial charge in [0.25, 0.3) is 0 Å². The highest BCUT2D eigenvalue weighted by Crippen LogP contribution is 2.25. The molecule has 0 saturated heterocycles. The molecule has 0 N–H and O–H groups in total. The van der Waals surface area contributed by atoms with Gasteiger partial charge in [-0.1, -0.05) is 35.9 Å². The number of allylic oxidation sites excluding steroid dienone is 1. The molecule has 154 valence electrons. The van der Waals surface area contributed by atoms with E-state index in [-0.39, 0.29) is 5.78 Å². The van der Waals surface area contributed by atoms with Crippen molar-refractivity contribution >= 4 is 23.5 Å². The van der Waals surface area contributed by atoms with E-state index in [1.807, 2.05) is 43.3 Å². The average molecular weight is 423 g/mol. The molecule has 0 aliphatic carbocycles. The second-order valence-corrected chi connectivity index (χ2v) is 7.11. The minimum Gasteiger partial charge on any atom is -0.497 e. The van der Waals surface area contributed by atoms with Crippen LogP contribution in [0.4, 0.5) is 0 Å². The Hall–Kier alpha value is -3.24. The average Bonchev–Trinajstić information content (AvgIpc) is 2.78. The van der Waals surface area contributed by atoms with Gasteiger partial charge in [0.2, 0.25) is 0 Å². The van der Waals surface area contributed by atoms with Crippen LogP contribution in [0.5, 0.6) is 17.2 Å². The normalized spacial score (nSPS) is 10.8. The fourth-order valence-electron chi connectivity index (χ4n) is 2.93. The van der Waals surface area contributed by atoms with Crippen LogP contribution in [-0.4, -0.2) is 20.0 Å². The number of ether oxygens (including phenoxy) is 3. The van der Waals surface area contributed by atoms with Crippen LogP contribution in [0.25, 0.3) is 6.08 Å². The van der Waals surface area contributed by atoms with Crippen molar-refractivity contribution in [2.45, 2.75) is 13.5 Å². The molecule has 4 nitrogen and oxygen atoms in total. The molecule has 0 atom stereocenters. The van der Waals surface area contributed by atoms with E-state index in [0.29, 0.717) is 22.9 Å². The Kier molecular flexibility index (Phi) is 7.15. The van der Waals surface area contributed by atoms with E-state index in [4.69, 9.17) is 25.8 Å². The highest BCUT2D eigenvalue weighted by atomic mass is 35.5. The zero-order valence-electron chi connectivity index (χ0n) is 17.1. The summed E-state index contributed by atoms with van der Waals surface area (Å²) in [5.74, 6) is 2.00. The molecule has 3 rings (SSSR count). The van der Waals surface area contributed by atoms with Crippen LogP contribution < -0.4 is 14.2 Å². The van der Waals surface area contributed by atoms with E-state index in [9.17, 15) is 4.79 Å². The zero-order chi connectivity index (χ0) is 21.5. The maximum Gasteiger partial charge on any atom is 0.185 e. The van der Waals surface area contributed by atoms with Crippen LogP contribution in [0, 0.1) is 6.92 Å². The highest BCUT2D eigenvalue weighted by Gasteiger charge is 2.07. The summed E-state index contributed by atoms with van der Waals surface area (Å²) in [4.78, 5) is 12.5. The topological polar surface area (TPSA) is 44.8 Å². The van der Waals surface area contributed by atoms with Crippen LogP contribution in [0.15, 0.2) is 66.7 Å². The van der Waals surface area contributed by atoms with Gasteiger partial charge in [0.05, 0.1) is 14.2 Å². The fraction of sp³-hybridized carbons (Fsp3) is 0.160. The second-order valence-electron chi connectivity index (χ2n) is 6.70. The van der Waals surface area contributed by atoms with Crippen LogP contribution in [0.1, 0.15) is 27.0 Å². The number of benzene rings is 3. The number of hydrogen-bond acceptors (Lipinski definition) is 4. The number of hydrogen-bond donors (Lipinski definition) is 0. The first kappa shape index (κ1) is 21.5. The number of carbonyl (C=O) groups excluding carboxylic acids is 1. The first-order chi connectivity index (χ1) is 14.5. The largest absolute Gasteiger partial charge is 0.497 e. The predicted molar refractivity (Wildman–Crippen MR) is 120 cm³/mol. The summed E-state index contributed by atoms with van der Waals surface area (Å²) in [7, 11) is 3.19. The molecular formula is C25H23ClO4. The molecule has 0 spiro atoms. The first-order valence-corrected chi connectivity index (χ1v) is 9.80. The molecule has 3 aromatic rings. The van der Waals surface area contributed by atoms with E-state index < -0.39 is 0 Å². The Bertz CT molecular complexity index is 1070. The van der Waals surface area contributed by atoms with Crippen molar-refractivity contribution in [3.8, 4) is 17.2 Å². The summed E-state index contributed by atoms with van der Waals surface area (Å²) in [5, 5.41) is 0.702. The molecule has 0 saturated carbocycles. The second kappa shape index (κ2) is 9.99. The van der Waals surface area contributed by atoms with E-state index in [2.05, 4.69) is 0 Å². The lowest BCUT2D eigenvalue weighted by molar-refractivity contribution is 0.104. The van der Waals surface area contributed by atoms with Gasteiger partial charge in [-0.15, -0.1) is 0 Å². The summed E-state index contributed by atoms with van der Waals surface area (Å²) < 4.78 is 16.5. The SMILES string of the molecule is COc1cccc(C(=O)/C=C/c2ccc(OC)c(COc3ccc(Cl)c(C)c3)c2)c1. The lowest BCUT2D eigenvalue weighted by Crippen LogP contribution is -2.00. The standard InChI is InChI=1S/C25H23ClO4/c1-17-13-22(9-10-23(17)26)30-16-20-14-18(8-12-25(20)29-3)7-11-24(27)19-5-4-6-21(15-19)28-2/h4-15H,16H2,1-3H3/b11-7+. The van der Waals surface area contributed by atoms with Crippen LogP contribution in [0.2, 0.25) is 5.02 Å². The monoisotopic (exact) mass is 422 g/mol. The van der Waals surface area contributed by atoms with Gasteiger partial charge in [0.15, 0.2) is 5.78 Å². The van der Waals surface area contributed by atoms with Gasteiger partial charge in [-0.2, -0.15) is 0 Å².